The van der Waals surface area contributed by atoms with Crippen LogP contribution in [0, 0.1) is 5.92 Å². The van der Waals surface area contributed by atoms with E-state index in [0.717, 1.165) is 31.0 Å². The summed E-state index contributed by atoms with van der Waals surface area (Å²) >= 11 is 0. The Kier molecular flexibility index (Phi) is 3.21. The number of anilines is 1. The molecule has 1 aromatic rings. The molecule has 1 N–H and O–H groups in total. The quantitative estimate of drug-likeness (QED) is 0.903. The smallest absolute Gasteiger partial charge is 0.310 e. The third-order valence-corrected chi connectivity index (χ3v) is 4.70. The van der Waals surface area contributed by atoms with Gasteiger partial charge in [-0.25, -0.2) is 0 Å². The molecule has 1 heterocycles. The molecule has 19 heavy (non-hydrogen) atoms. The van der Waals surface area contributed by atoms with Crippen molar-refractivity contribution in [3.05, 3.63) is 29.3 Å². The standard InChI is InChI=1S/C16H21NO2/c1-11(16(18)19)13-6-3-7-15-14(13)8-9-17(15)10-12-4-2-5-12/h3,6-7,11-12H,2,4-5,8-10H2,1H3,(H,18,19). The predicted octanol–water partition coefficient (Wildman–Crippen LogP) is 3.04. The first-order valence-corrected chi connectivity index (χ1v) is 7.26. The van der Waals surface area contributed by atoms with Crippen molar-refractivity contribution in [2.45, 2.75) is 38.5 Å². The third kappa shape index (κ3) is 2.22. The second kappa shape index (κ2) is 4.87. The van der Waals surface area contributed by atoms with Crippen LogP contribution in [0.5, 0.6) is 0 Å². The fourth-order valence-corrected chi connectivity index (χ4v) is 3.24. The molecule has 0 saturated heterocycles. The van der Waals surface area contributed by atoms with Gasteiger partial charge in [0.15, 0.2) is 0 Å². The number of hydrogen-bond donors (Lipinski definition) is 1. The first kappa shape index (κ1) is 12.5. The molecule has 0 bridgehead atoms. The fourth-order valence-electron chi connectivity index (χ4n) is 3.24. The van der Waals surface area contributed by atoms with Gasteiger partial charge in [-0.05, 0) is 49.3 Å². The highest BCUT2D eigenvalue weighted by Crippen LogP contribution is 2.37. The molecule has 3 rings (SSSR count). The average Bonchev–Trinajstić information content (AvgIpc) is 2.75. The number of hydrogen-bond acceptors (Lipinski definition) is 2. The second-order valence-corrected chi connectivity index (χ2v) is 5.90. The van der Waals surface area contributed by atoms with Gasteiger partial charge in [0.05, 0.1) is 5.92 Å². The van der Waals surface area contributed by atoms with E-state index in [9.17, 15) is 9.90 Å². The summed E-state index contributed by atoms with van der Waals surface area (Å²) in [6, 6.07) is 6.14. The van der Waals surface area contributed by atoms with Crippen LogP contribution < -0.4 is 4.90 Å². The van der Waals surface area contributed by atoms with Crippen LogP contribution in [0.25, 0.3) is 0 Å². The summed E-state index contributed by atoms with van der Waals surface area (Å²) < 4.78 is 0. The van der Waals surface area contributed by atoms with Crippen molar-refractivity contribution in [3.8, 4) is 0 Å². The summed E-state index contributed by atoms with van der Waals surface area (Å²) in [5.41, 5.74) is 3.54. The first-order valence-electron chi connectivity index (χ1n) is 7.26. The zero-order chi connectivity index (χ0) is 13.4. The number of fused-ring (bicyclic) bond motifs is 1. The molecule has 1 aromatic carbocycles. The van der Waals surface area contributed by atoms with Gasteiger partial charge in [-0.2, -0.15) is 0 Å². The van der Waals surface area contributed by atoms with Crippen LogP contribution >= 0.6 is 0 Å². The van der Waals surface area contributed by atoms with Crippen LogP contribution in [-0.2, 0) is 11.2 Å². The Labute approximate surface area is 114 Å². The van der Waals surface area contributed by atoms with Crippen LogP contribution in [0.15, 0.2) is 18.2 Å². The molecule has 1 fully saturated rings. The molecule has 1 aliphatic heterocycles. The summed E-state index contributed by atoms with van der Waals surface area (Å²) in [5.74, 6) is -0.282. The maximum atomic E-state index is 11.2. The monoisotopic (exact) mass is 259 g/mol. The summed E-state index contributed by atoms with van der Waals surface area (Å²) in [6.07, 6.45) is 5.09. The molecule has 3 nitrogen and oxygen atoms in total. The zero-order valence-electron chi connectivity index (χ0n) is 11.4. The Bertz CT molecular complexity index is 494. The Balaban J connectivity index is 1.85. The van der Waals surface area contributed by atoms with Crippen LogP contribution in [0.2, 0.25) is 0 Å². The molecule has 2 aliphatic rings. The lowest BCUT2D eigenvalue weighted by Crippen LogP contribution is -2.31. The molecule has 1 unspecified atom stereocenters. The summed E-state index contributed by atoms with van der Waals surface area (Å²) in [5, 5.41) is 9.21. The van der Waals surface area contributed by atoms with Gasteiger partial charge in [-0.15, -0.1) is 0 Å². The molecule has 0 radical (unpaired) electrons. The molecule has 0 aromatic heterocycles. The minimum atomic E-state index is -0.731. The molecule has 1 aliphatic carbocycles. The lowest BCUT2D eigenvalue weighted by molar-refractivity contribution is -0.138. The van der Waals surface area contributed by atoms with E-state index in [1.54, 1.807) is 6.92 Å². The van der Waals surface area contributed by atoms with Crippen molar-refractivity contribution in [2.75, 3.05) is 18.0 Å². The number of carboxylic acids is 1. The molecular weight excluding hydrogens is 238 g/mol. The van der Waals surface area contributed by atoms with Crippen molar-refractivity contribution in [1.82, 2.24) is 0 Å². The van der Waals surface area contributed by atoms with Gasteiger partial charge in [0.1, 0.15) is 0 Å². The molecule has 1 atom stereocenters. The fraction of sp³-hybridized carbons (Fsp3) is 0.562. The topological polar surface area (TPSA) is 40.5 Å². The van der Waals surface area contributed by atoms with Gasteiger partial charge < -0.3 is 10.0 Å². The Morgan fingerprint density at radius 2 is 2.26 bits per heavy atom. The van der Waals surface area contributed by atoms with E-state index in [0.29, 0.717) is 0 Å². The maximum Gasteiger partial charge on any atom is 0.310 e. The predicted molar refractivity (Wildman–Crippen MR) is 75.8 cm³/mol. The summed E-state index contributed by atoms with van der Waals surface area (Å²) in [4.78, 5) is 13.7. The highest BCUT2D eigenvalue weighted by Gasteiger charge is 2.28. The van der Waals surface area contributed by atoms with E-state index in [2.05, 4.69) is 11.0 Å². The third-order valence-electron chi connectivity index (χ3n) is 4.70. The summed E-state index contributed by atoms with van der Waals surface area (Å²) in [7, 11) is 0. The second-order valence-electron chi connectivity index (χ2n) is 5.90. The maximum absolute atomic E-state index is 11.2. The Morgan fingerprint density at radius 1 is 1.47 bits per heavy atom. The van der Waals surface area contributed by atoms with Gasteiger partial charge >= 0.3 is 5.97 Å². The number of rotatable bonds is 4. The lowest BCUT2D eigenvalue weighted by Gasteiger charge is -2.31. The van der Waals surface area contributed by atoms with Crippen LogP contribution in [0.3, 0.4) is 0 Å². The van der Waals surface area contributed by atoms with Crippen molar-refractivity contribution in [3.63, 3.8) is 0 Å². The van der Waals surface area contributed by atoms with Crippen molar-refractivity contribution in [2.24, 2.45) is 5.92 Å². The van der Waals surface area contributed by atoms with E-state index in [1.807, 2.05) is 12.1 Å². The van der Waals surface area contributed by atoms with E-state index in [-0.39, 0.29) is 0 Å². The number of nitrogens with zero attached hydrogens (tertiary/aromatic N) is 1. The van der Waals surface area contributed by atoms with Crippen LogP contribution in [0.1, 0.15) is 43.2 Å². The van der Waals surface area contributed by atoms with Gasteiger partial charge in [0.2, 0.25) is 0 Å². The Hall–Kier alpha value is -1.51. The number of carbonyl (C=O) groups is 1. The van der Waals surface area contributed by atoms with E-state index < -0.39 is 11.9 Å². The SMILES string of the molecule is CC(C(=O)O)c1cccc2c1CCN2CC1CCC1. The van der Waals surface area contributed by atoms with Gasteiger partial charge in [-0.3, -0.25) is 4.79 Å². The number of carboxylic acid groups (broad SMARTS) is 1. The van der Waals surface area contributed by atoms with Crippen LogP contribution in [-0.4, -0.2) is 24.2 Å². The largest absolute Gasteiger partial charge is 0.481 e. The molecule has 0 amide bonds. The van der Waals surface area contributed by atoms with Gasteiger partial charge in [0.25, 0.3) is 0 Å². The van der Waals surface area contributed by atoms with E-state index in [4.69, 9.17) is 0 Å². The number of benzene rings is 1. The van der Waals surface area contributed by atoms with Crippen LogP contribution in [0.4, 0.5) is 5.69 Å². The van der Waals surface area contributed by atoms with Crippen molar-refractivity contribution >= 4 is 11.7 Å². The minimum Gasteiger partial charge on any atom is -0.481 e. The molecular formula is C16H21NO2. The first-order chi connectivity index (χ1) is 9.16. The Morgan fingerprint density at radius 3 is 2.89 bits per heavy atom. The molecule has 102 valence electrons. The van der Waals surface area contributed by atoms with Crippen molar-refractivity contribution < 1.29 is 9.90 Å². The molecule has 0 spiro atoms. The average molecular weight is 259 g/mol. The highest BCUT2D eigenvalue weighted by atomic mass is 16.4. The molecule has 3 heteroatoms. The summed E-state index contributed by atoms with van der Waals surface area (Å²) in [6.45, 7) is 3.99. The van der Waals surface area contributed by atoms with Gasteiger partial charge in [-0.1, -0.05) is 18.6 Å². The highest BCUT2D eigenvalue weighted by molar-refractivity contribution is 5.78. The van der Waals surface area contributed by atoms with E-state index in [1.165, 1.54) is 30.5 Å². The lowest BCUT2D eigenvalue weighted by atomic mass is 9.85. The van der Waals surface area contributed by atoms with E-state index >= 15 is 0 Å². The minimum absolute atomic E-state index is 0.404. The normalized spacial score (nSPS) is 19.9. The molecule has 1 saturated carbocycles. The van der Waals surface area contributed by atoms with Crippen molar-refractivity contribution in [1.29, 1.82) is 0 Å². The van der Waals surface area contributed by atoms with Gasteiger partial charge in [0, 0.05) is 18.8 Å². The number of aliphatic carboxylic acids is 1. The zero-order valence-corrected chi connectivity index (χ0v) is 11.4.